The number of aliphatic imine (C=N–C) groups is 2. The fourth-order valence-electron chi connectivity index (χ4n) is 6.95. The van der Waals surface area contributed by atoms with Gasteiger partial charge >= 0.3 is 0 Å². The zero-order valence-corrected chi connectivity index (χ0v) is 31.8. The van der Waals surface area contributed by atoms with Crippen molar-refractivity contribution in [3.8, 4) is 0 Å². The predicted octanol–water partition coefficient (Wildman–Crippen LogP) is 5.85. The first kappa shape index (κ1) is 40.1. The molecule has 0 spiro atoms. The molecule has 3 saturated carbocycles. The second-order valence-electron chi connectivity index (χ2n) is 13.0. The molecule has 0 saturated heterocycles. The molecule has 3 aliphatic carbocycles. The molecule has 2 aromatic rings. The largest absolute Gasteiger partial charge is 1.00 e. The van der Waals surface area contributed by atoms with Crippen LogP contribution in [0.4, 0.5) is 0 Å². The number of allylic oxidation sites excluding steroid dienone is 2. The van der Waals surface area contributed by atoms with Crippen LogP contribution in [0.25, 0.3) is 0 Å². The molecule has 2 aromatic heterocycles. The summed E-state index contributed by atoms with van der Waals surface area (Å²) in [4.78, 5) is 20.0. The zero-order valence-electron chi connectivity index (χ0n) is 27.2. The van der Waals surface area contributed by atoms with Gasteiger partial charge in [-0.3, -0.25) is 9.98 Å². The van der Waals surface area contributed by atoms with Crippen molar-refractivity contribution >= 4 is 47.2 Å². The second-order valence-corrected chi connectivity index (χ2v) is 15.0. The normalized spacial score (nSPS) is 21.7. The van der Waals surface area contributed by atoms with Gasteiger partial charge in [0.2, 0.25) is 0 Å². The Kier molecular flexibility index (Phi) is 17.4. The third-order valence-corrected chi connectivity index (χ3v) is 9.66. The van der Waals surface area contributed by atoms with E-state index in [0.717, 1.165) is 34.2 Å². The summed E-state index contributed by atoms with van der Waals surface area (Å²) in [6.45, 7) is 2.24. The van der Waals surface area contributed by atoms with Gasteiger partial charge in [-0.1, -0.05) is 141 Å². The van der Waals surface area contributed by atoms with Gasteiger partial charge in [0, 0.05) is 51.0 Å². The van der Waals surface area contributed by atoms with Crippen LogP contribution in [0.15, 0.2) is 57.9 Å². The van der Waals surface area contributed by atoms with E-state index in [-0.39, 0.29) is 32.8 Å². The first-order chi connectivity index (χ1) is 21.9. The summed E-state index contributed by atoms with van der Waals surface area (Å²) < 4.78 is -0.750. The number of halogens is 4. The first-order valence-electron chi connectivity index (χ1n) is 17.0. The van der Waals surface area contributed by atoms with Crippen molar-refractivity contribution in [2.24, 2.45) is 9.98 Å². The van der Waals surface area contributed by atoms with Gasteiger partial charge in [0.05, 0.1) is 0 Å². The van der Waals surface area contributed by atoms with Crippen LogP contribution in [0.1, 0.15) is 126 Å². The number of alkyl halides is 3. The van der Waals surface area contributed by atoms with E-state index in [9.17, 15) is 0 Å². The van der Waals surface area contributed by atoms with E-state index in [0.29, 0.717) is 18.1 Å². The number of hydrogen-bond donors (Lipinski definition) is 2. The number of nitrogens with one attached hydrogen (secondary N) is 2. The Bertz CT molecular complexity index is 1250. The number of aromatic nitrogens is 2. The van der Waals surface area contributed by atoms with Crippen LogP contribution >= 0.6 is 34.8 Å². The molecule has 0 atom stereocenters. The monoisotopic (exact) mass is 810 g/mol. The van der Waals surface area contributed by atoms with Crippen molar-refractivity contribution in [3.05, 3.63) is 77.1 Å². The Morgan fingerprint density at radius 3 is 1.70 bits per heavy atom. The molecular weight excluding hydrogens is 765 g/mol. The third-order valence-electron chi connectivity index (χ3n) is 9.66. The molecule has 264 valence electrons. The SMILES string of the molecule is CC(C1=C[CH-]/C(=C/NC2CCCCC2)N1)(c1ccc(C=NC2CCCCC2)[n-]1)c1ccc(C=NC2CCCCC2)[n-]1.ClC(Cl)Cl.[Cl-].[Pd]. The standard InChI is InChI=1S/C35H47N6.CHCl3.ClH.Pd/c1-35(32-20-17-29(39-32)23-36-26-11-5-2-6-12-26,33-21-18-30(40-33)24-37-27-13-7-3-8-14-27)34-22-19-31(41-34)25-38-28-15-9-4-10-16-28;2-1(3)4;;/h17-28,36,39H,2-16H2,1H3;1H;1H;/q-3;;;/p-1/b29-23-,37-24?,38-25?;;;. The average molecular weight is 813 g/mol. The van der Waals surface area contributed by atoms with Gasteiger partial charge < -0.3 is 33.0 Å². The third kappa shape index (κ3) is 11.9. The summed E-state index contributed by atoms with van der Waals surface area (Å²) in [7, 11) is 0. The number of nitrogens with zero attached hydrogens (tertiary/aromatic N) is 4. The van der Waals surface area contributed by atoms with Gasteiger partial charge in [0.25, 0.3) is 0 Å². The maximum Gasteiger partial charge on any atom is 0.180 e. The van der Waals surface area contributed by atoms with Crippen LogP contribution in [-0.4, -0.2) is 34.9 Å². The van der Waals surface area contributed by atoms with Crippen molar-refractivity contribution in [1.82, 2.24) is 20.6 Å². The fourth-order valence-corrected chi connectivity index (χ4v) is 6.95. The summed E-state index contributed by atoms with van der Waals surface area (Å²) in [5, 5.41) is 7.37. The van der Waals surface area contributed by atoms with Gasteiger partial charge in [-0.05, 0) is 43.9 Å². The van der Waals surface area contributed by atoms with Crippen LogP contribution in [0.5, 0.6) is 0 Å². The summed E-state index contributed by atoms with van der Waals surface area (Å²) in [5.74, 6) is 0. The van der Waals surface area contributed by atoms with Crippen LogP contribution in [0, 0.1) is 6.42 Å². The summed E-state index contributed by atoms with van der Waals surface area (Å²) in [6.07, 6.45) is 29.6. The Hall–Kier alpha value is -1.33. The van der Waals surface area contributed by atoms with Crippen molar-refractivity contribution in [2.45, 2.75) is 131 Å². The molecule has 3 heterocycles. The van der Waals surface area contributed by atoms with Crippen LogP contribution in [-0.2, 0) is 25.8 Å². The number of hydrogen-bond acceptors (Lipinski definition) is 4. The topological polar surface area (TPSA) is 77.0 Å². The minimum absolute atomic E-state index is 0. The van der Waals surface area contributed by atoms with Crippen molar-refractivity contribution < 1.29 is 32.8 Å². The van der Waals surface area contributed by atoms with Crippen LogP contribution in [0.3, 0.4) is 0 Å². The Morgan fingerprint density at radius 1 is 0.787 bits per heavy atom. The number of rotatable bonds is 9. The molecule has 6 nitrogen and oxygen atoms in total. The maximum absolute atomic E-state index is 5.11. The van der Waals surface area contributed by atoms with Gasteiger partial charge in [-0.15, -0.1) is 23.9 Å². The second kappa shape index (κ2) is 20.4. The van der Waals surface area contributed by atoms with Crippen molar-refractivity contribution in [2.75, 3.05) is 0 Å². The van der Waals surface area contributed by atoms with Gasteiger partial charge in [0.1, 0.15) is 0 Å². The van der Waals surface area contributed by atoms with E-state index in [1.165, 1.54) is 96.3 Å². The molecule has 0 radical (unpaired) electrons. The van der Waals surface area contributed by atoms with E-state index in [1.54, 1.807) is 0 Å². The van der Waals surface area contributed by atoms with Crippen molar-refractivity contribution in [1.29, 1.82) is 0 Å². The van der Waals surface area contributed by atoms with E-state index in [1.807, 2.05) is 12.4 Å². The van der Waals surface area contributed by atoms with E-state index in [4.69, 9.17) is 54.8 Å². The van der Waals surface area contributed by atoms with E-state index >= 15 is 0 Å². The quantitative estimate of drug-likeness (QED) is 0.144. The van der Waals surface area contributed by atoms with Crippen molar-refractivity contribution in [3.63, 3.8) is 0 Å². The Labute approximate surface area is 316 Å². The van der Waals surface area contributed by atoms with Gasteiger partial charge in [-0.25, -0.2) is 0 Å². The zero-order chi connectivity index (χ0) is 31.5. The first-order valence-corrected chi connectivity index (χ1v) is 18.3. The molecule has 0 aromatic carbocycles. The minimum atomic E-state index is -0.750. The molecule has 3 fully saturated rings. The minimum Gasteiger partial charge on any atom is -1.00 e. The molecular formula is C36H48Cl4N6Pd-4. The summed E-state index contributed by atoms with van der Waals surface area (Å²) in [6, 6.07) is 9.97. The van der Waals surface area contributed by atoms with E-state index in [2.05, 4.69) is 60.5 Å². The Morgan fingerprint density at radius 2 is 1.23 bits per heavy atom. The molecule has 4 aliphatic rings. The van der Waals surface area contributed by atoms with Gasteiger partial charge in [-0.2, -0.15) is 11.4 Å². The van der Waals surface area contributed by atoms with E-state index < -0.39 is 9.71 Å². The van der Waals surface area contributed by atoms with Gasteiger partial charge in [0.15, 0.2) is 4.30 Å². The predicted molar refractivity (Wildman–Crippen MR) is 190 cm³/mol. The van der Waals surface area contributed by atoms with Crippen LogP contribution < -0.4 is 33.0 Å². The van der Waals surface area contributed by atoms with Crippen LogP contribution in [0.2, 0.25) is 0 Å². The molecule has 47 heavy (non-hydrogen) atoms. The molecule has 6 rings (SSSR count). The molecule has 0 bridgehead atoms. The smallest absolute Gasteiger partial charge is 0.180 e. The fraction of sp³-hybridized carbons (Fsp3) is 0.583. The summed E-state index contributed by atoms with van der Waals surface area (Å²) >= 11 is 14.4. The molecule has 2 N–H and O–H groups in total. The molecule has 11 heteroatoms. The Balaban J connectivity index is 0.000000948. The molecule has 1 aliphatic heterocycles. The summed E-state index contributed by atoms with van der Waals surface area (Å²) in [5.41, 5.74) is 5.50. The average Bonchev–Trinajstić information content (AvgIpc) is 3.85. The maximum atomic E-state index is 5.11. The molecule has 0 amide bonds. The molecule has 0 unspecified atom stereocenters.